The van der Waals surface area contributed by atoms with E-state index in [2.05, 4.69) is 31.3 Å². The van der Waals surface area contributed by atoms with E-state index in [1.165, 1.54) is 0 Å². The van der Waals surface area contributed by atoms with Crippen LogP contribution in [-0.2, 0) is 6.42 Å². The van der Waals surface area contributed by atoms with Gasteiger partial charge in [0.2, 0.25) is 0 Å². The number of halogens is 1. The van der Waals surface area contributed by atoms with Crippen LogP contribution in [-0.4, -0.2) is 27.6 Å². The van der Waals surface area contributed by atoms with Gasteiger partial charge in [0.15, 0.2) is 0 Å². The minimum Gasteiger partial charge on any atom is -0.507 e. The summed E-state index contributed by atoms with van der Waals surface area (Å²) in [4.78, 5) is 0. The van der Waals surface area contributed by atoms with Crippen LogP contribution in [0, 0.1) is 0 Å². The van der Waals surface area contributed by atoms with E-state index in [4.69, 9.17) is 4.74 Å². The molecule has 5 nitrogen and oxygen atoms in total. The first kappa shape index (κ1) is 15.6. The van der Waals surface area contributed by atoms with Crippen LogP contribution in [0.3, 0.4) is 0 Å². The van der Waals surface area contributed by atoms with Gasteiger partial charge < -0.3 is 9.84 Å². The summed E-state index contributed by atoms with van der Waals surface area (Å²) in [5.41, 5.74) is 3.87. The Morgan fingerprint density at radius 1 is 1.13 bits per heavy atom. The second-order valence-corrected chi connectivity index (χ2v) is 5.98. The molecule has 2 N–H and O–H groups in total. The average Bonchev–Trinajstić information content (AvgIpc) is 3.04. The number of aromatic nitrogens is 3. The molecule has 0 unspecified atom stereocenters. The van der Waals surface area contributed by atoms with Gasteiger partial charge in [-0.15, -0.1) is 0 Å². The Morgan fingerprint density at radius 3 is 2.48 bits per heavy atom. The summed E-state index contributed by atoms with van der Waals surface area (Å²) in [5, 5.41) is 21.5. The maximum absolute atomic E-state index is 10.4. The molecule has 6 heteroatoms. The number of nitrogens with zero attached hydrogens (tertiary/aromatic N) is 2. The largest absolute Gasteiger partial charge is 0.507 e. The van der Waals surface area contributed by atoms with E-state index in [9.17, 15) is 5.11 Å². The molecule has 1 heterocycles. The van der Waals surface area contributed by atoms with Gasteiger partial charge in [0.1, 0.15) is 22.9 Å². The number of phenols is 1. The number of nitrogens with one attached hydrogen (secondary N) is 1. The van der Waals surface area contributed by atoms with Crippen molar-refractivity contribution < 1.29 is 9.84 Å². The number of benzene rings is 2. The van der Waals surface area contributed by atoms with Crippen molar-refractivity contribution in [2.75, 3.05) is 7.11 Å². The van der Waals surface area contributed by atoms with Crippen molar-refractivity contribution in [3.05, 3.63) is 46.4 Å². The van der Waals surface area contributed by atoms with Crippen LogP contribution in [0.2, 0.25) is 0 Å². The van der Waals surface area contributed by atoms with Crippen LogP contribution in [0.15, 0.2) is 40.9 Å². The quantitative estimate of drug-likeness (QED) is 0.719. The maximum atomic E-state index is 10.4. The first-order valence-electron chi connectivity index (χ1n) is 7.21. The Kier molecular flexibility index (Phi) is 4.34. The number of aromatic hydroxyl groups is 1. The summed E-state index contributed by atoms with van der Waals surface area (Å²) in [6.45, 7) is 2.04. The van der Waals surface area contributed by atoms with Crippen molar-refractivity contribution in [3.8, 4) is 34.0 Å². The van der Waals surface area contributed by atoms with Gasteiger partial charge in [0.05, 0.1) is 7.11 Å². The molecule has 0 saturated carbocycles. The summed E-state index contributed by atoms with van der Waals surface area (Å²) in [6.07, 6.45) is 0.794. The smallest absolute Gasteiger partial charge is 0.128 e. The van der Waals surface area contributed by atoms with Gasteiger partial charge in [0, 0.05) is 21.7 Å². The molecular formula is C17H16BrN3O2. The molecule has 0 amide bonds. The molecule has 0 aliphatic heterocycles. The van der Waals surface area contributed by atoms with Crippen molar-refractivity contribution in [1.82, 2.24) is 15.4 Å². The molecule has 118 valence electrons. The Labute approximate surface area is 142 Å². The predicted molar refractivity (Wildman–Crippen MR) is 92.5 cm³/mol. The van der Waals surface area contributed by atoms with Gasteiger partial charge in [-0.3, -0.25) is 0 Å². The molecule has 0 saturated heterocycles. The lowest BCUT2D eigenvalue weighted by molar-refractivity contribution is 0.403. The van der Waals surface area contributed by atoms with Gasteiger partial charge in [-0.1, -0.05) is 35.0 Å². The summed E-state index contributed by atoms with van der Waals surface area (Å²) in [5.74, 6) is 0.786. The Balaban J connectivity index is 2.13. The fraction of sp³-hybridized carbons (Fsp3) is 0.176. The van der Waals surface area contributed by atoms with Gasteiger partial charge >= 0.3 is 0 Å². The minimum absolute atomic E-state index is 0.117. The second kappa shape index (κ2) is 6.42. The molecule has 2 aromatic carbocycles. The van der Waals surface area contributed by atoms with Crippen LogP contribution >= 0.6 is 15.9 Å². The van der Waals surface area contributed by atoms with Gasteiger partial charge in [-0.05, 0) is 30.2 Å². The SMILES string of the molecule is CCc1cc(-c2n[nH]nc2-c2ccc(Br)cc2)c(O)cc1OC. The first-order valence-corrected chi connectivity index (χ1v) is 8.00. The van der Waals surface area contributed by atoms with Crippen molar-refractivity contribution in [2.45, 2.75) is 13.3 Å². The molecule has 3 rings (SSSR count). The summed E-state index contributed by atoms with van der Waals surface area (Å²) < 4.78 is 6.30. The zero-order valence-corrected chi connectivity index (χ0v) is 14.4. The zero-order chi connectivity index (χ0) is 16.4. The highest BCUT2D eigenvalue weighted by Gasteiger charge is 2.18. The normalized spacial score (nSPS) is 10.7. The van der Waals surface area contributed by atoms with E-state index < -0.39 is 0 Å². The third kappa shape index (κ3) is 2.94. The highest BCUT2D eigenvalue weighted by Crippen LogP contribution is 2.38. The molecule has 0 radical (unpaired) electrons. The molecule has 0 aliphatic carbocycles. The number of phenolic OH excluding ortho intramolecular Hbond substituents is 1. The summed E-state index contributed by atoms with van der Waals surface area (Å²) in [6, 6.07) is 11.3. The first-order chi connectivity index (χ1) is 11.1. The lowest BCUT2D eigenvalue weighted by atomic mass is 10.0. The Morgan fingerprint density at radius 2 is 1.83 bits per heavy atom. The number of methoxy groups -OCH3 is 1. The monoisotopic (exact) mass is 373 g/mol. The molecule has 0 aliphatic rings. The average molecular weight is 374 g/mol. The number of aryl methyl sites for hydroxylation is 1. The Hall–Kier alpha value is -2.34. The van der Waals surface area contributed by atoms with Crippen molar-refractivity contribution in [1.29, 1.82) is 0 Å². The number of hydrogen-bond donors (Lipinski definition) is 2. The van der Waals surface area contributed by atoms with E-state index in [-0.39, 0.29) is 5.75 Å². The third-order valence-electron chi connectivity index (χ3n) is 3.70. The molecule has 0 bridgehead atoms. The zero-order valence-electron chi connectivity index (χ0n) is 12.8. The van der Waals surface area contributed by atoms with Gasteiger partial charge in [-0.2, -0.15) is 15.4 Å². The molecule has 23 heavy (non-hydrogen) atoms. The third-order valence-corrected chi connectivity index (χ3v) is 4.23. The minimum atomic E-state index is 0.117. The van der Waals surface area contributed by atoms with E-state index >= 15 is 0 Å². The van der Waals surface area contributed by atoms with Crippen molar-refractivity contribution in [2.24, 2.45) is 0 Å². The molecule has 1 aromatic heterocycles. The Bertz CT molecular complexity index is 828. The lowest BCUT2D eigenvalue weighted by Crippen LogP contribution is -1.93. The lowest BCUT2D eigenvalue weighted by Gasteiger charge is -2.11. The number of rotatable bonds is 4. The van der Waals surface area contributed by atoms with Crippen LogP contribution in [0.1, 0.15) is 12.5 Å². The molecule has 3 aromatic rings. The number of aromatic amines is 1. The molecule has 0 atom stereocenters. The van der Waals surface area contributed by atoms with Gasteiger partial charge in [-0.25, -0.2) is 0 Å². The number of ether oxygens (including phenoxy) is 1. The van der Waals surface area contributed by atoms with Crippen molar-refractivity contribution >= 4 is 15.9 Å². The number of H-pyrrole nitrogens is 1. The fourth-order valence-electron chi connectivity index (χ4n) is 2.50. The topological polar surface area (TPSA) is 71.0 Å². The summed E-state index contributed by atoms with van der Waals surface area (Å²) >= 11 is 3.42. The fourth-order valence-corrected chi connectivity index (χ4v) is 2.76. The highest BCUT2D eigenvalue weighted by molar-refractivity contribution is 9.10. The van der Waals surface area contributed by atoms with E-state index in [1.54, 1.807) is 13.2 Å². The highest BCUT2D eigenvalue weighted by atomic mass is 79.9. The maximum Gasteiger partial charge on any atom is 0.128 e. The van der Waals surface area contributed by atoms with E-state index in [0.717, 1.165) is 22.0 Å². The van der Waals surface area contributed by atoms with E-state index in [1.807, 2.05) is 37.3 Å². The van der Waals surface area contributed by atoms with Gasteiger partial charge in [0.25, 0.3) is 0 Å². The van der Waals surface area contributed by atoms with E-state index in [0.29, 0.717) is 22.7 Å². The molecule has 0 fully saturated rings. The summed E-state index contributed by atoms with van der Waals surface area (Å²) in [7, 11) is 1.59. The predicted octanol–water partition coefficient (Wildman–Crippen LogP) is 4.18. The molecular weight excluding hydrogens is 358 g/mol. The van der Waals surface area contributed by atoms with Crippen molar-refractivity contribution in [3.63, 3.8) is 0 Å². The number of hydrogen-bond acceptors (Lipinski definition) is 4. The van der Waals surface area contributed by atoms with Crippen LogP contribution in [0.5, 0.6) is 11.5 Å². The van der Waals surface area contributed by atoms with Crippen LogP contribution < -0.4 is 4.74 Å². The van der Waals surface area contributed by atoms with Crippen LogP contribution in [0.25, 0.3) is 22.5 Å². The standard InChI is InChI=1S/C17H16BrN3O2/c1-3-10-8-13(14(22)9-15(10)23-2)17-16(19-21-20-17)11-4-6-12(18)7-5-11/h4-9,22H,3H2,1-2H3,(H,19,20,21). The van der Waals surface area contributed by atoms with Crippen LogP contribution in [0.4, 0.5) is 0 Å². The second-order valence-electron chi connectivity index (χ2n) is 5.06. The molecule has 0 spiro atoms.